The van der Waals surface area contributed by atoms with Gasteiger partial charge in [-0.1, -0.05) is 6.92 Å². The SMILES string of the molecule is C[C@@H]1CCN(C(=O)O)C[C@@H]1O. The summed E-state index contributed by atoms with van der Waals surface area (Å²) in [5, 5.41) is 17.8. The molecule has 0 spiro atoms. The van der Waals surface area contributed by atoms with Crippen molar-refractivity contribution in [3.05, 3.63) is 0 Å². The number of carboxylic acid groups (broad SMARTS) is 1. The fraction of sp³-hybridized carbons (Fsp3) is 0.857. The summed E-state index contributed by atoms with van der Waals surface area (Å²) < 4.78 is 0. The van der Waals surface area contributed by atoms with Gasteiger partial charge in [-0.2, -0.15) is 0 Å². The van der Waals surface area contributed by atoms with Crippen LogP contribution in [0, 0.1) is 5.92 Å². The van der Waals surface area contributed by atoms with Crippen molar-refractivity contribution >= 4 is 6.09 Å². The third-order valence-electron chi connectivity index (χ3n) is 2.19. The maximum absolute atomic E-state index is 10.4. The normalized spacial score (nSPS) is 32.0. The average Bonchev–Trinajstić information content (AvgIpc) is 1.94. The standard InChI is InChI=1S/C7H13NO3/c1-5-2-3-8(7(10)11)4-6(5)9/h5-6,9H,2-4H2,1H3,(H,10,11)/t5-,6+/m1/s1. The van der Waals surface area contributed by atoms with E-state index in [0.717, 1.165) is 6.42 Å². The third kappa shape index (κ3) is 1.83. The summed E-state index contributed by atoms with van der Waals surface area (Å²) in [6.45, 7) is 2.74. The summed E-state index contributed by atoms with van der Waals surface area (Å²) in [7, 11) is 0. The second kappa shape index (κ2) is 3.09. The van der Waals surface area contributed by atoms with E-state index in [2.05, 4.69) is 0 Å². The topological polar surface area (TPSA) is 60.8 Å². The van der Waals surface area contributed by atoms with E-state index < -0.39 is 12.2 Å². The van der Waals surface area contributed by atoms with Crippen LogP contribution >= 0.6 is 0 Å². The fourth-order valence-electron chi connectivity index (χ4n) is 1.22. The Morgan fingerprint density at radius 3 is 2.73 bits per heavy atom. The van der Waals surface area contributed by atoms with Crippen LogP contribution in [0.1, 0.15) is 13.3 Å². The Balaban J connectivity index is 2.46. The number of amides is 1. The molecule has 4 nitrogen and oxygen atoms in total. The molecule has 2 atom stereocenters. The molecule has 0 bridgehead atoms. The van der Waals surface area contributed by atoms with Gasteiger partial charge < -0.3 is 15.1 Å². The van der Waals surface area contributed by atoms with Gasteiger partial charge in [0, 0.05) is 6.54 Å². The summed E-state index contributed by atoms with van der Waals surface area (Å²) >= 11 is 0. The Bertz CT molecular complexity index is 160. The van der Waals surface area contributed by atoms with E-state index in [1.165, 1.54) is 4.90 Å². The molecule has 1 heterocycles. The largest absolute Gasteiger partial charge is 0.465 e. The second-order valence-electron chi connectivity index (χ2n) is 3.06. The van der Waals surface area contributed by atoms with E-state index in [9.17, 15) is 9.90 Å². The molecule has 2 N–H and O–H groups in total. The van der Waals surface area contributed by atoms with E-state index in [-0.39, 0.29) is 12.5 Å². The highest BCUT2D eigenvalue weighted by molar-refractivity contribution is 5.65. The first-order valence-electron chi connectivity index (χ1n) is 3.77. The van der Waals surface area contributed by atoms with Crippen LogP contribution in [-0.4, -0.2) is 40.4 Å². The maximum atomic E-state index is 10.4. The van der Waals surface area contributed by atoms with Crippen LogP contribution in [-0.2, 0) is 0 Å². The minimum absolute atomic E-state index is 0.227. The molecule has 1 aliphatic heterocycles. The molecular formula is C7H13NO3. The molecular weight excluding hydrogens is 146 g/mol. The van der Waals surface area contributed by atoms with Crippen molar-refractivity contribution in [2.24, 2.45) is 5.92 Å². The molecule has 0 saturated carbocycles. The summed E-state index contributed by atoms with van der Waals surface area (Å²) in [4.78, 5) is 11.7. The van der Waals surface area contributed by atoms with Gasteiger partial charge in [-0.3, -0.25) is 0 Å². The van der Waals surface area contributed by atoms with Gasteiger partial charge in [-0.05, 0) is 12.3 Å². The van der Waals surface area contributed by atoms with Gasteiger partial charge in [0.2, 0.25) is 0 Å². The molecule has 0 unspecified atom stereocenters. The molecule has 0 aliphatic carbocycles. The highest BCUT2D eigenvalue weighted by Gasteiger charge is 2.26. The Hall–Kier alpha value is -0.770. The van der Waals surface area contributed by atoms with E-state index in [0.29, 0.717) is 6.54 Å². The molecule has 1 fully saturated rings. The molecule has 11 heavy (non-hydrogen) atoms. The number of carbonyl (C=O) groups is 1. The highest BCUT2D eigenvalue weighted by Crippen LogP contribution is 2.16. The zero-order valence-corrected chi connectivity index (χ0v) is 6.53. The van der Waals surface area contributed by atoms with Gasteiger partial charge in [0.25, 0.3) is 0 Å². The first kappa shape index (κ1) is 8.33. The minimum atomic E-state index is -0.934. The predicted molar refractivity (Wildman–Crippen MR) is 39.4 cm³/mol. The van der Waals surface area contributed by atoms with E-state index >= 15 is 0 Å². The maximum Gasteiger partial charge on any atom is 0.407 e. The minimum Gasteiger partial charge on any atom is -0.465 e. The number of β-amino-alcohol motifs (C(OH)–C–C–N with tert-alkyl or cyclic N) is 1. The van der Waals surface area contributed by atoms with Gasteiger partial charge >= 0.3 is 6.09 Å². The molecule has 1 rings (SSSR count). The van der Waals surface area contributed by atoms with Crippen LogP contribution in [0.4, 0.5) is 4.79 Å². The number of piperidine rings is 1. The Labute approximate surface area is 65.4 Å². The van der Waals surface area contributed by atoms with Crippen molar-refractivity contribution in [2.75, 3.05) is 13.1 Å². The van der Waals surface area contributed by atoms with Crippen LogP contribution in [0.2, 0.25) is 0 Å². The molecule has 1 aliphatic rings. The van der Waals surface area contributed by atoms with Crippen molar-refractivity contribution in [3.63, 3.8) is 0 Å². The van der Waals surface area contributed by atoms with Crippen LogP contribution < -0.4 is 0 Å². The van der Waals surface area contributed by atoms with Crippen LogP contribution in [0.3, 0.4) is 0 Å². The number of rotatable bonds is 0. The zero-order valence-electron chi connectivity index (χ0n) is 6.53. The number of aliphatic hydroxyl groups is 1. The Morgan fingerprint density at radius 1 is 1.64 bits per heavy atom. The molecule has 1 amide bonds. The van der Waals surface area contributed by atoms with E-state index in [4.69, 9.17) is 5.11 Å². The Morgan fingerprint density at radius 2 is 2.27 bits per heavy atom. The van der Waals surface area contributed by atoms with Gasteiger partial charge in [-0.25, -0.2) is 4.79 Å². The Kier molecular flexibility index (Phi) is 2.34. The first-order chi connectivity index (χ1) is 5.11. The van der Waals surface area contributed by atoms with Crippen LogP contribution in [0.15, 0.2) is 0 Å². The molecule has 0 radical (unpaired) electrons. The smallest absolute Gasteiger partial charge is 0.407 e. The monoisotopic (exact) mass is 159 g/mol. The number of nitrogens with zero attached hydrogens (tertiary/aromatic N) is 1. The fourth-order valence-corrected chi connectivity index (χ4v) is 1.22. The molecule has 0 aromatic carbocycles. The third-order valence-corrected chi connectivity index (χ3v) is 2.19. The zero-order chi connectivity index (χ0) is 8.43. The molecule has 4 heteroatoms. The van der Waals surface area contributed by atoms with Crippen LogP contribution in [0.25, 0.3) is 0 Å². The molecule has 0 aromatic heterocycles. The van der Waals surface area contributed by atoms with Crippen LogP contribution in [0.5, 0.6) is 0 Å². The van der Waals surface area contributed by atoms with Gasteiger partial charge in [0.05, 0.1) is 12.6 Å². The van der Waals surface area contributed by atoms with Crippen molar-refractivity contribution in [1.29, 1.82) is 0 Å². The van der Waals surface area contributed by atoms with E-state index in [1.807, 2.05) is 6.92 Å². The summed E-state index contributed by atoms with van der Waals surface area (Å²) in [5.41, 5.74) is 0. The van der Waals surface area contributed by atoms with Gasteiger partial charge in [0.1, 0.15) is 0 Å². The predicted octanol–water partition coefficient (Wildman–Crippen LogP) is 0.367. The van der Waals surface area contributed by atoms with Crippen molar-refractivity contribution < 1.29 is 15.0 Å². The quantitative estimate of drug-likeness (QED) is 0.536. The number of aliphatic hydroxyl groups excluding tert-OH is 1. The number of hydrogen-bond donors (Lipinski definition) is 2. The molecule has 0 aromatic rings. The van der Waals surface area contributed by atoms with Crippen molar-refractivity contribution in [2.45, 2.75) is 19.4 Å². The van der Waals surface area contributed by atoms with Gasteiger partial charge in [0.15, 0.2) is 0 Å². The second-order valence-corrected chi connectivity index (χ2v) is 3.06. The summed E-state index contributed by atoms with van der Waals surface area (Å²) in [6.07, 6.45) is -0.663. The first-order valence-corrected chi connectivity index (χ1v) is 3.77. The number of hydrogen-bond acceptors (Lipinski definition) is 2. The average molecular weight is 159 g/mol. The lowest BCUT2D eigenvalue weighted by molar-refractivity contribution is 0.0315. The highest BCUT2D eigenvalue weighted by atomic mass is 16.4. The van der Waals surface area contributed by atoms with E-state index in [1.54, 1.807) is 0 Å². The van der Waals surface area contributed by atoms with Gasteiger partial charge in [-0.15, -0.1) is 0 Å². The summed E-state index contributed by atoms with van der Waals surface area (Å²) in [6, 6.07) is 0. The van der Waals surface area contributed by atoms with Crippen molar-refractivity contribution in [3.8, 4) is 0 Å². The number of likely N-dealkylation sites (tertiary alicyclic amines) is 1. The lowest BCUT2D eigenvalue weighted by Gasteiger charge is -2.32. The molecule has 64 valence electrons. The lowest BCUT2D eigenvalue weighted by atomic mass is 9.96. The summed E-state index contributed by atoms with van der Waals surface area (Å²) in [5.74, 6) is 0.227. The van der Waals surface area contributed by atoms with Crippen molar-refractivity contribution in [1.82, 2.24) is 4.90 Å². The molecule has 1 saturated heterocycles. The lowest BCUT2D eigenvalue weighted by Crippen LogP contribution is -2.45.